The van der Waals surface area contributed by atoms with Crippen LogP contribution in [0.15, 0.2) is 18.2 Å². The standard InChI is InChI=1S/C18H26N4O7/c1-28-16-11-13(22(26)27)3-4-14(16)20-17(23)12-15(18(24)25)19-5-2-6-21-7-9-29-10-8-21/h3-4,11,15,19H,2,5-10,12H2,1H3,(H,20,23)(H,24,25). The van der Waals surface area contributed by atoms with E-state index in [9.17, 15) is 24.8 Å². The number of nitrogens with one attached hydrogen (secondary N) is 2. The molecule has 1 amide bonds. The number of rotatable bonds is 11. The third-order valence-corrected chi connectivity index (χ3v) is 4.50. The maximum atomic E-state index is 12.3. The summed E-state index contributed by atoms with van der Waals surface area (Å²) in [5.74, 6) is -1.54. The normalized spacial score (nSPS) is 15.5. The fourth-order valence-corrected chi connectivity index (χ4v) is 2.93. The molecule has 1 saturated heterocycles. The Balaban J connectivity index is 1.84. The fraction of sp³-hybridized carbons (Fsp3) is 0.556. The second kappa shape index (κ2) is 11.3. The fourth-order valence-electron chi connectivity index (χ4n) is 2.93. The zero-order chi connectivity index (χ0) is 21.2. The van der Waals surface area contributed by atoms with Crippen molar-refractivity contribution in [3.63, 3.8) is 0 Å². The van der Waals surface area contributed by atoms with Gasteiger partial charge in [0, 0.05) is 19.2 Å². The number of methoxy groups -OCH3 is 1. The molecule has 1 aromatic carbocycles. The molecule has 11 heteroatoms. The number of nitrogens with zero attached hydrogens (tertiary/aromatic N) is 2. The molecule has 0 aromatic heterocycles. The Kier molecular flexibility index (Phi) is 8.77. The number of non-ortho nitro benzene ring substituents is 1. The molecule has 1 heterocycles. The summed E-state index contributed by atoms with van der Waals surface area (Å²) in [6.45, 7) is 4.43. The van der Waals surface area contributed by atoms with Crippen molar-refractivity contribution in [2.75, 3.05) is 51.8 Å². The van der Waals surface area contributed by atoms with Crippen molar-refractivity contribution in [1.82, 2.24) is 10.2 Å². The minimum absolute atomic E-state index is 0.123. The third-order valence-electron chi connectivity index (χ3n) is 4.50. The van der Waals surface area contributed by atoms with Gasteiger partial charge in [0.25, 0.3) is 5.69 Å². The van der Waals surface area contributed by atoms with Crippen molar-refractivity contribution in [3.05, 3.63) is 28.3 Å². The lowest BCUT2D eigenvalue weighted by molar-refractivity contribution is -0.384. The van der Waals surface area contributed by atoms with Gasteiger partial charge < -0.3 is 25.2 Å². The largest absolute Gasteiger partial charge is 0.494 e. The van der Waals surface area contributed by atoms with Gasteiger partial charge in [0.1, 0.15) is 11.8 Å². The van der Waals surface area contributed by atoms with Crippen molar-refractivity contribution in [1.29, 1.82) is 0 Å². The van der Waals surface area contributed by atoms with Crippen molar-refractivity contribution in [2.45, 2.75) is 18.9 Å². The zero-order valence-electron chi connectivity index (χ0n) is 16.3. The SMILES string of the molecule is COc1cc([N+](=O)[O-])ccc1NC(=O)CC(NCCCN1CCOCC1)C(=O)O. The van der Waals surface area contributed by atoms with Crippen LogP contribution in [0, 0.1) is 10.1 Å². The van der Waals surface area contributed by atoms with E-state index in [1.165, 1.54) is 25.3 Å². The lowest BCUT2D eigenvalue weighted by Gasteiger charge is -2.26. The van der Waals surface area contributed by atoms with E-state index in [0.717, 1.165) is 26.1 Å². The highest BCUT2D eigenvalue weighted by Gasteiger charge is 2.22. The number of hydrogen-bond acceptors (Lipinski definition) is 8. The molecule has 0 spiro atoms. The molecule has 11 nitrogen and oxygen atoms in total. The predicted molar refractivity (Wildman–Crippen MR) is 104 cm³/mol. The number of anilines is 1. The number of ether oxygens (including phenoxy) is 2. The molecule has 2 rings (SSSR count). The number of nitro groups is 1. The van der Waals surface area contributed by atoms with E-state index >= 15 is 0 Å². The quantitative estimate of drug-likeness (QED) is 0.273. The molecule has 29 heavy (non-hydrogen) atoms. The zero-order valence-corrected chi connectivity index (χ0v) is 16.3. The monoisotopic (exact) mass is 410 g/mol. The summed E-state index contributed by atoms with van der Waals surface area (Å²) in [6.07, 6.45) is 0.467. The molecule has 0 saturated carbocycles. The van der Waals surface area contributed by atoms with Crippen LogP contribution in [0.3, 0.4) is 0 Å². The van der Waals surface area contributed by atoms with Gasteiger partial charge in [0.05, 0.1) is 43.4 Å². The highest BCUT2D eigenvalue weighted by atomic mass is 16.6. The van der Waals surface area contributed by atoms with Gasteiger partial charge >= 0.3 is 5.97 Å². The highest BCUT2D eigenvalue weighted by Crippen LogP contribution is 2.29. The summed E-state index contributed by atoms with van der Waals surface area (Å²) < 4.78 is 10.3. The Morgan fingerprint density at radius 3 is 2.72 bits per heavy atom. The van der Waals surface area contributed by atoms with Crippen molar-refractivity contribution in [2.24, 2.45) is 0 Å². The first-order valence-electron chi connectivity index (χ1n) is 9.29. The van der Waals surface area contributed by atoms with Crippen LogP contribution in [0.5, 0.6) is 5.75 Å². The Bertz CT molecular complexity index is 722. The van der Waals surface area contributed by atoms with Crippen LogP contribution >= 0.6 is 0 Å². The first kappa shape index (κ1) is 22.5. The van der Waals surface area contributed by atoms with Gasteiger partial charge in [-0.05, 0) is 25.6 Å². The van der Waals surface area contributed by atoms with Crippen LogP contribution in [-0.2, 0) is 14.3 Å². The molecular weight excluding hydrogens is 384 g/mol. The second-order valence-electron chi connectivity index (χ2n) is 6.55. The number of hydrogen-bond donors (Lipinski definition) is 3. The molecule has 1 aliphatic rings. The van der Waals surface area contributed by atoms with E-state index in [-0.39, 0.29) is 23.5 Å². The number of nitro benzene ring substituents is 1. The van der Waals surface area contributed by atoms with E-state index in [4.69, 9.17) is 9.47 Å². The van der Waals surface area contributed by atoms with E-state index in [1.807, 2.05) is 0 Å². The van der Waals surface area contributed by atoms with Gasteiger partial charge in [-0.25, -0.2) is 0 Å². The molecule has 1 aromatic rings. The smallest absolute Gasteiger partial charge is 0.321 e. The van der Waals surface area contributed by atoms with Crippen molar-refractivity contribution in [3.8, 4) is 5.75 Å². The Morgan fingerprint density at radius 2 is 2.10 bits per heavy atom. The number of benzene rings is 1. The van der Waals surface area contributed by atoms with Gasteiger partial charge in [-0.3, -0.25) is 24.6 Å². The summed E-state index contributed by atoms with van der Waals surface area (Å²) in [7, 11) is 1.32. The Hall–Kier alpha value is -2.76. The van der Waals surface area contributed by atoms with E-state index in [0.29, 0.717) is 19.8 Å². The molecule has 1 unspecified atom stereocenters. The van der Waals surface area contributed by atoms with Gasteiger partial charge in [0.15, 0.2) is 0 Å². The summed E-state index contributed by atoms with van der Waals surface area (Å²) in [4.78, 5) is 36.2. The summed E-state index contributed by atoms with van der Waals surface area (Å²) >= 11 is 0. The maximum Gasteiger partial charge on any atom is 0.321 e. The van der Waals surface area contributed by atoms with Crippen LogP contribution in [0.1, 0.15) is 12.8 Å². The van der Waals surface area contributed by atoms with Gasteiger partial charge in [-0.2, -0.15) is 0 Å². The predicted octanol–water partition coefficient (Wildman–Crippen LogP) is 0.697. The maximum absolute atomic E-state index is 12.3. The Labute approximate surface area is 168 Å². The molecule has 0 bridgehead atoms. The Morgan fingerprint density at radius 1 is 1.38 bits per heavy atom. The topological polar surface area (TPSA) is 143 Å². The lowest BCUT2D eigenvalue weighted by atomic mass is 10.1. The van der Waals surface area contributed by atoms with Crippen LogP contribution in [0.2, 0.25) is 0 Å². The number of carbonyl (C=O) groups excluding carboxylic acids is 1. The molecule has 0 aliphatic carbocycles. The number of carbonyl (C=O) groups is 2. The second-order valence-corrected chi connectivity index (χ2v) is 6.55. The van der Waals surface area contributed by atoms with Crippen LogP contribution in [0.4, 0.5) is 11.4 Å². The minimum atomic E-state index is -1.12. The van der Waals surface area contributed by atoms with E-state index in [1.54, 1.807) is 0 Å². The lowest BCUT2D eigenvalue weighted by Crippen LogP contribution is -2.42. The molecule has 160 valence electrons. The number of morpholine rings is 1. The molecule has 3 N–H and O–H groups in total. The van der Waals surface area contributed by atoms with Crippen LogP contribution < -0.4 is 15.4 Å². The van der Waals surface area contributed by atoms with Crippen molar-refractivity contribution < 1.29 is 29.1 Å². The number of carboxylic acids is 1. The first-order chi connectivity index (χ1) is 13.9. The summed E-state index contributed by atoms with van der Waals surface area (Å²) in [6, 6.07) is 2.73. The van der Waals surface area contributed by atoms with E-state index < -0.39 is 22.8 Å². The summed E-state index contributed by atoms with van der Waals surface area (Å²) in [5, 5.41) is 25.6. The average Bonchev–Trinajstić information content (AvgIpc) is 2.71. The first-order valence-corrected chi connectivity index (χ1v) is 9.29. The molecule has 1 aliphatic heterocycles. The molecular formula is C18H26N4O7. The minimum Gasteiger partial charge on any atom is -0.494 e. The van der Waals surface area contributed by atoms with Crippen LogP contribution in [0.25, 0.3) is 0 Å². The van der Waals surface area contributed by atoms with Gasteiger partial charge in [-0.1, -0.05) is 0 Å². The molecule has 0 radical (unpaired) electrons. The van der Waals surface area contributed by atoms with Gasteiger partial charge in [-0.15, -0.1) is 0 Å². The summed E-state index contributed by atoms with van der Waals surface area (Å²) in [5.41, 5.74) is 0.0600. The van der Waals surface area contributed by atoms with Gasteiger partial charge in [0.2, 0.25) is 5.91 Å². The highest BCUT2D eigenvalue weighted by molar-refractivity contribution is 5.95. The number of amides is 1. The molecule has 1 atom stereocenters. The van der Waals surface area contributed by atoms with Crippen molar-refractivity contribution >= 4 is 23.3 Å². The number of aliphatic carboxylic acids is 1. The van der Waals surface area contributed by atoms with Crippen LogP contribution in [-0.4, -0.2) is 79.4 Å². The number of carboxylic acid groups (broad SMARTS) is 1. The third kappa shape index (κ3) is 7.29. The average molecular weight is 410 g/mol. The van der Waals surface area contributed by atoms with E-state index in [2.05, 4.69) is 15.5 Å². The molecule has 1 fully saturated rings.